The van der Waals surface area contributed by atoms with E-state index >= 15 is 0 Å². The van der Waals surface area contributed by atoms with E-state index in [4.69, 9.17) is 23.8 Å². The number of benzene rings is 1. The standard InChI is InChI=1S/C12H12ClFN2O2S2/c13-8-4-11-10(5-9(8)14)15-12(19)16(11)6-7-2-1-3-20(7,17)18/h4-5,7H,1-3,6H2,(H,15,19). The van der Waals surface area contributed by atoms with Gasteiger partial charge in [0.1, 0.15) is 5.82 Å². The number of hydrogen-bond donors (Lipinski definition) is 1. The lowest BCUT2D eigenvalue weighted by atomic mass is 10.2. The van der Waals surface area contributed by atoms with Gasteiger partial charge in [-0.05, 0) is 31.1 Å². The largest absolute Gasteiger partial charge is 0.330 e. The minimum Gasteiger partial charge on any atom is -0.330 e. The number of aromatic nitrogens is 2. The zero-order valence-corrected chi connectivity index (χ0v) is 12.8. The molecule has 1 aliphatic heterocycles. The minimum absolute atomic E-state index is 0.00507. The molecule has 0 bridgehead atoms. The third kappa shape index (κ3) is 2.27. The summed E-state index contributed by atoms with van der Waals surface area (Å²) in [4.78, 5) is 2.88. The Morgan fingerprint density at radius 2 is 2.25 bits per heavy atom. The van der Waals surface area contributed by atoms with Gasteiger partial charge in [0, 0.05) is 12.6 Å². The van der Waals surface area contributed by atoms with E-state index in [-0.39, 0.29) is 17.3 Å². The highest BCUT2D eigenvalue weighted by atomic mass is 35.5. The molecule has 20 heavy (non-hydrogen) atoms. The zero-order chi connectivity index (χ0) is 14.5. The zero-order valence-electron chi connectivity index (χ0n) is 10.4. The number of nitrogens with zero attached hydrogens (tertiary/aromatic N) is 1. The van der Waals surface area contributed by atoms with Crippen LogP contribution in [0.15, 0.2) is 12.1 Å². The number of fused-ring (bicyclic) bond motifs is 1. The van der Waals surface area contributed by atoms with E-state index in [1.807, 2.05) is 0 Å². The molecule has 1 unspecified atom stereocenters. The Kier molecular flexibility index (Phi) is 3.38. The number of nitrogens with one attached hydrogen (secondary N) is 1. The highest BCUT2D eigenvalue weighted by Gasteiger charge is 2.32. The summed E-state index contributed by atoms with van der Waals surface area (Å²) in [5, 5.41) is -0.438. The van der Waals surface area contributed by atoms with Gasteiger partial charge in [0.2, 0.25) is 0 Å². The fraction of sp³-hybridized carbons (Fsp3) is 0.417. The second-order valence-electron chi connectivity index (χ2n) is 4.96. The van der Waals surface area contributed by atoms with Gasteiger partial charge in [-0.3, -0.25) is 0 Å². The maximum Gasteiger partial charge on any atom is 0.178 e. The van der Waals surface area contributed by atoms with Gasteiger partial charge in [-0.15, -0.1) is 0 Å². The number of hydrogen-bond acceptors (Lipinski definition) is 3. The molecule has 8 heteroatoms. The Labute approximate surface area is 125 Å². The van der Waals surface area contributed by atoms with Crippen LogP contribution in [0, 0.1) is 10.6 Å². The van der Waals surface area contributed by atoms with Crippen LogP contribution in [0.4, 0.5) is 4.39 Å². The average molecular weight is 335 g/mol. The van der Waals surface area contributed by atoms with Crippen molar-refractivity contribution in [3.63, 3.8) is 0 Å². The van der Waals surface area contributed by atoms with Crippen molar-refractivity contribution >= 4 is 44.7 Å². The van der Waals surface area contributed by atoms with E-state index in [1.165, 1.54) is 12.1 Å². The lowest BCUT2D eigenvalue weighted by molar-refractivity contribution is 0.568. The number of rotatable bonds is 2. The molecule has 1 aromatic carbocycles. The fourth-order valence-electron chi connectivity index (χ4n) is 2.60. The van der Waals surface area contributed by atoms with Crippen LogP contribution in [0.25, 0.3) is 11.0 Å². The SMILES string of the molecule is O=S1(=O)CCCC1Cn1c(=S)[nH]c2cc(F)c(Cl)cc21. The second-order valence-corrected chi connectivity index (χ2v) is 8.15. The van der Waals surface area contributed by atoms with Gasteiger partial charge in [0.15, 0.2) is 14.6 Å². The smallest absolute Gasteiger partial charge is 0.178 e. The Hall–Kier alpha value is -0.920. The number of aromatic amines is 1. The normalized spacial score (nSPS) is 21.6. The molecule has 0 spiro atoms. The topological polar surface area (TPSA) is 54.9 Å². The van der Waals surface area contributed by atoms with Crippen molar-refractivity contribution in [2.24, 2.45) is 0 Å². The lowest BCUT2D eigenvalue weighted by Gasteiger charge is -2.11. The van der Waals surface area contributed by atoms with Crippen LogP contribution in [0.2, 0.25) is 5.02 Å². The first-order valence-electron chi connectivity index (χ1n) is 6.17. The van der Waals surface area contributed by atoms with E-state index < -0.39 is 20.9 Å². The van der Waals surface area contributed by atoms with Gasteiger partial charge in [-0.25, -0.2) is 12.8 Å². The number of imidazole rings is 1. The van der Waals surface area contributed by atoms with Crippen molar-refractivity contribution in [2.75, 3.05) is 5.75 Å². The first kappa shape index (κ1) is 14.0. The highest BCUT2D eigenvalue weighted by molar-refractivity contribution is 7.92. The van der Waals surface area contributed by atoms with Gasteiger partial charge in [-0.2, -0.15) is 0 Å². The summed E-state index contributed by atoms with van der Waals surface area (Å²) >= 11 is 11.0. The molecule has 0 saturated carbocycles. The molecule has 4 nitrogen and oxygen atoms in total. The summed E-state index contributed by atoms with van der Waals surface area (Å²) in [6.45, 7) is 0.281. The molecule has 1 aromatic heterocycles. The van der Waals surface area contributed by atoms with Crippen molar-refractivity contribution in [2.45, 2.75) is 24.6 Å². The van der Waals surface area contributed by atoms with Crippen molar-refractivity contribution in [1.29, 1.82) is 0 Å². The van der Waals surface area contributed by atoms with Crippen LogP contribution in [0.1, 0.15) is 12.8 Å². The molecule has 1 N–H and O–H groups in total. The molecule has 3 rings (SSSR count). The predicted octanol–water partition coefficient (Wildman–Crippen LogP) is 3.07. The maximum absolute atomic E-state index is 13.4. The summed E-state index contributed by atoms with van der Waals surface area (Å²) in [7, 11) is -3.05. The van der Waals surface area contributed by atoms with E-state index in [0.717, 1.165) is 0 Å². The molecule has 1 saturated heterocycles. The molecule has 1 atom stereocenters. The summed E-state index contributed by atoms with van der Waals surface area (Å²) in [6.07, 6.45) is 1.31. The van der Waals surface area contributed by atoms with Crippen molar-refractivity contribution < 1.29 is 12.8 Å². The fourth-order valence-corrected chi connectivity index (χ4v) is 4.85. The van der Waals surface area contributed by atoms with E-state index in [0.29, 0.717) is 28.6 Å². The number of halogens is 2. The van der Waals surface area contributed by atoms with Crippen LogP contribution in [-0.4, -0.2) is 29.0 Å². The van der Waals surface area contributed by atoms with Gasteiger partial charge < -0.3 is 9.55 Å². The minimum atomic E-state index is -3.05. The predicted molar refractivity (Wildman–Crippen MR) is 78.9 cm³/mol. The van der Waals surface area contributed by atoms with Crippen LogP contribution in [0.3, 0.4) is 0 Å². The van der Waals surface area contributed by atoms with Gasteiger partial charge >= 0.3 is 0 Å². The first-order valence-corrected chi connectivity index (χ1v) is 8.68. The van der Waals surface area contributed by atoms with Crippen LogP contribution < -0.4 is 0 Å². The molecular weight excluding hydrogens is 323 g/mol. The van der Waals surface area contributed by atoms with Crippen LogP contribution in [0.5, 0.6) is 0 Å². The van der Waals surface area contributed by atoms with Crippen molar-refractivity contribution in [3.8, 4) is 0 Å². The highest BCUT2D eigenvalue weighted by Crippen LogP contribution is 2.26. The van der Waals surface area contributed by atoms with Crippen LogP contribution >= 0.6 is 23.8 Å². The molecule has 0 radical (unpaired) electrons. The van der Waals surface area contributed by atoms with E-state index in [9.17, 15) is 12.8 Å². The molecule has 1 aliphatic rings. The lowest BCUT2D eigenvalue weighted by Crippen LogP contribution is -2.22. The molecule has 2 heterocycles. The molecule has 0 amide bonds. The van der Waals surface area contributed by atoms with Crippen molar-refractivity contribution in [1.82, 2.24) is 9.55 Å². The Bertz CT molecular complexity index is 841. The molecule has 2 aromatic rings. The summed E-state index contributed by atoms with van der Waals surface area (Å²) in [6, 6.07) is 2.74. The van der Waals surface area contributed by atoms with E-state index in [2.05, 4.69) is 4.98 Å². The number of sulfone groups is 1. The molecular formula is C12H12ClFN2O2S2. The summed E-state index contributed by atoms with van der Waals surface area (Å²) < 4.78 is 39.3. The molecule has 1 fully saturated rings. The summed E-state index contributed by atoms with van der Waals surface area (Å²) in [5.41, 5.74) is 1.15. The Morgan fingerprint density at radius 3 is 2.90 bits per heavy atom. The Morgan fingerprint density at radius 1 is 1.50 bits per heavy atom. The molecule has 108 valence electrons. The van der Waals surface area contributed by atoms with Crippen LogP contribution in [-0.2, 0) is 16.4 Å². The average Bonchev–Trinajstić information content (AvgIpc) is 2.83. The summed E-state index contributed by atoms with van der Waals surface area (Å²) in [5.74, 6) is -0.307. The quantitative estimate of drug-likeness (QED) is 0.859. The number of H-pyrrole nitrogens is 1. The monoisotopic (exact) mass is 334 g/mol. The molecule has 0 aliphatic carbocycles. The van der Waals surface area contributed by atoms with Crippen molar-refractivity contribution in [3.05, 3.63) is 27.7 Å². The third-order valence-electron chi connectivity index (χ3n) is 3.67. The first-order chi connectivity index (χ1) is 9.38. The van der Waals surface area contributed by atoms with Gasteiger partial charge in [0.05, 0.1) is 27.1 Å². The Balaban J connectivity index is 2.10. The van der Waals surface area contributed by atoms with Gasteiger partial charge in [0.25, 0.3) is 0 Å². The van der Waals surface area contributed by atoms with E-state index in [1.54, 1.807) is 4.57 Å². The van der Waals surface area contributed by atoms with Gasteiger partial charge in [-0.1, -0.05) is 11.6 Å². The third-order valence-corrected chi connectivity index (χ3v) is 6.54. The maximum atomic E-state index is 13.4. The second kappa shape index (κ2) is 4.82.